The first-order valence-corrected chi connectivity index (χ1v) is 13.9. The van der Waals surface area contributed by atoms with E-state index in [0.717, 1.165) is 5.56 Å². The molecule has 0 aromatic heterocycles. The molecule has 3 rings (SSSR count). The third-order valence-electron chi connectivity index (χ3n) is 7.33. The molecule has 2 radical (unpaired) electrons. The standard InChI is InChI=1S/C31H41BFN3O6/c1-29(2)19-36(20-30(3,4)42-29)16-21-12-13-24(33)23(15-21)18-41-26-11-7-9-22(17-38)27(26)31(32,40)35(6)25(10-8-14-37)28(39)34-5/h7,9,11-15,17,25,40H,8,10,16,18-20H2,1-6H3,(H,34,39). The monoisotopic (exact) mass is 581 g/mol. The summed E-state index contributed by atoms with van der Waals surface area (Å²) in [5, 5.41) is 14.0. The summed E-state index contributed by atoms with van der Waals surface area (Å²) in [5.74, 6) is -0.896. The number of ether oxygens (including phenoxy) is 2. The highest BCUT2D eigenvalue weighted by atomic mass is 19.1. The molecular weight excluding hydrogens is 540 g/mol. The van der Waals surface area contributed by atoms with Crippen LogP contribution in [0.3, 0.4) is 0 Å². The van der Waals surface area contributed by atoms with Crippen LogP contribution in [0.1, 0.15) is 67.6 Å². The van der Waals surface area contributed by atoms with E-state index in [4.69, 9.17) is 17.3 Å². The minimum atomic E-state index is -2.36. The van der Waals surface area contributed by atoms with Gasteiger partial charge in [0.15, 0.2) is 6.29 Å². The Labute approximate surface area is 248 Å². The second kappa shape index (κ2) is 13.5. The van der Waals surface area contributed by atoms with Gasteiger partial charge in [0.25, 0.3) is 0 Å². The quantitative estimate of drug-likeness (QED) is 0.211. The lowest BCUT2D eigenvalue weighted by Crippen LogP contribution is -2.56. The zero-order valence-electron chi connectivity index (χ0n) is 25.3. The van der Waals surface area contributed by atoms with Gasteiger partial charge in [0.1, 0.15) is 37.9 Å². The van der Waals surface area contributed by atoms with Crippen LogP contribution in [-0.4, -0.2) is 85.7 Å². The summed E-state index contributed by atoms with van der Waals surface area (Å²) in [6.45, 7) is 10.00. The smallest absolute Gasteiger partial charge is 0.237 e. The first kappa shape index (κ1) is 33.4. The first-order valence-electron chi connectivity index (χ1n) is 13.9. The lowest BCUT2D eigenvalue weighted by molar-refractivity contribution is -0.182. The van der Waals surface area contributed by atoms with Crippen LogP contribution >= 0.6 is 0 Å². The molecule has 0 spiro atoms. The van der Waals surface area contributed by atoms with Crippen molar-refractivity contribution in [1.29, 1.82) is 0 Å². The zero-order chi connectivity index (χ0) is 31.3. The first-order chi connectivity index (χ1) is 19.6. The number of amides is 1. The number of benzene rings is 2. The number of likely N-dealkylation sites (N-methyl/N-ethyl adjacent to an activating group) is 2. The van der Waals surface area contributed by atoms with Crippen LogP contribution in [0.15, 0.2) is 36.4 Å². The van der Waals surface area contributed by atoms with Crippen molar-refractivity contribution in [3.63, 3.8) is 0 Å². The number of aliphatic hydroxyl groups is 1. The maximum Gasteiger partial charge on any atom is 0.237 e. The number of nitrogens with zero attached hydrogens (tertiary/aromatic N) is 2. The Morgan fingerprint density at radius 1 is 1.24 bits per heavy atom. The minimum absolute atomic E-state index is 0.0298. The summed E-state index contributed by atoms with van der Waals surface area (Å²) in [7, 11) is 9.22. The second-order valence-corrected chi connectivity index (χ2v) is 12.0. The van der Waals surface area contributed by atoms with Crippen molar-refractivity contribution < 1.29 is 33.4 Å². The van der Waals surface area contributed by atoms with E-state index in [1.54, 1.807) is 18.2 Å². The Hall–Kier alpha value is -3.12. The third-order valence-corrected chi connectivity index (χ3v) is 7.33. The number of rotatable bonds is 13. The van der Waals surface area contributed by atoms with Crippen molar-refractivity contribution in [2.24, 2.45) is 0 Å². The second-order valence-electron chi connectivity index (χ2n) is 12.0. The lowest BCUT2D eigenvalue weighted by Gasteiger charge is -2.47. The number of aldehydes is 2. The summed E-state index contributed by atoms with van der Waals surface area (Å²) < 4.78 is 27.1. The number of morpholine rings is 1. The van der Waals surface area contributed by atoms with Crippen LogP contribution in [0.25, 0.3) is 0 Å². The van der Waals surface area contributed by atoms with Gasteiger partial charge in [-0.1, -0.05) is 18.2 Å². The van der Waals surface area contributed by atoms with Crippen LogP contribution < -0.4 is 10.1 Å². The van der Waals surface area contributed by atoms with Gasteiger partial charge in [-0.25, -0.2) is 4.39 Å². The van der Waals surface area contributed by atoms with Crippen molar-refractivity contribution in [3.05, 3.63) is 64.5 Å². The van der Waals surface area contributed by atoms with Crippen molar-refractivity contribution >= 4 is 26.3 Å². The van der Waals surface area contributed by atoms with Crippen LogP contribution in [0.4, 0.5) is 4.39 Å². The van der Waals surface area contributed by atoms with Gasteiger partial charge >= 0.3 is 0 Å². The van der Waals surface area contributed by atoms with Crippen LogP contribution in [-0.2, 0) is 33.1 Å². The van der Waals surface area contributed by atoms with Crippen LogP contribution in [0.5, 0.6) is 5.75 Å². The maximum atomic E-state index is 14.9. The third kappa shape index (κ3) is 8.04. The molecule has 42 heavy (non-hydrogen) atoms. The Morgan fingerprint density at radius 3 is 2.50 bits per heavy atom. The van der Waals surface area contributed by atoms with E-state index < -0.39 is 23.4 Å². The molecule has 2 unspecified atom stereocenters. The van der Waals surface area contributed by atoms with Gasteiger partial charge in [-0.3, -0.25) is 19.4 Å². The average Bonchev–Trinajstić information content (AvgIpc) is 2.91. The molecule has 0 saturated carbocycles. The van der Waals surface area contributed by atoms with Gasteiger partial charge in [0.2, 0.25) is 5.91 Å². The summed E-state index contributed by atoms with van der Waals surface area (Å²) in [6.07, 6.45) is 1.30. The number of carbonyl (C=O) groups excluding carboxylic acids is 3. The van der Waals surface area contributed by atoms with E-state index >= 15 is 0 Å². The highest BCUT2D eigenvalue weighted by molar-refractivity contribution is 6.15. The largest absolute Gasteiger partial charge is 0.488 e. The molecule has 226 valence electrons. The minimum Gasteiger partial charge on any atom is -0.488 e. The van der Waals surface area contributed by atoms with E-state index in [1.807, 2.05) is 27.7 Å². The van der Waals surface area contributed by atoms with Gasteiger partial charge in [0, 0.05) is 49.8 Å². The molecule has 2 aromatic carbocycles. The van der Waals surface area contributed by atoms with Crippen molar-refractivity contribution in [2.75, 3.05) is 27.2 Å². The fourth-order valence-corrected chi connectivity index (χ4v) is 5.78. The Kier molecular flexibility index (Phi) is 10.7. The molecule has 0 bridgehead atoms. The SMILES string of the molecule is [B]C(O)(c1c(C=O)cccc1OCc1cc(CN2CC(C)(C)OC(C)(C)C2)ccc1F)N(C)C(CCC=O)C(=O)NC. The van der Waals surface area contributed by atoms with Crippen LogP contribution in [0, 0.1) is 5.82 Å². The van der Waals surface area contributed by atoms with E-state index in [-0.39, 0.29) is 53.1 Å². The highest BCUT2D eigenvalue weighted by Crippen LogP contribution is 2.35. The molecule has 2 atom stereocenters. The summed E-state index contributed by atoms with van der Waals surface area (Å²) >= 11 is 0. The average molecular weight is 581 g/mol. The molecule has 1 aliphatic heterocycles. The zero-order valence-corrected chi connectivity index (χ0v) is 25.3. The number of hydrogen-bond acceptors (Lipinski definition) is 8. The van der Waals surface area contributed by atoms with Gasteiger partial charge < -0.3 is 24.7 Å². The molecule has 1 amide bonds. The van der Waals surface area contributed by atoms with Gasteiger partial charge in [-0.15, -0.1) is 0 Å². The fourth-order valence-electron chi connectivity index (χ4n) is 5.78. The van der Waals surface area contributed by atoms with Crippen molar-refractivity contribution in [1.82, 2.24) is 15.1 Å². The molecule has 1 fully saturated rings. The van der Waals surface area contributed by atoms with Gasteiger partial charge in [-0.05, 0) is 64.9 Å². The Morgan fingerprint density at radius 2 is 1.90 bits per heavy atom. The Balaban J connectivity index is 1.88. The molecule has 11 heteroatoms. The lowest BCUT2D eigenvalue weighted by atomic mass is 9.78. The topological polar surface area (TPSA) is 108 Å². The van der Waals surface area contributed by atoms with Crippen molar-refractivity contribution in [2.45, 2.75) is 76.6 Å². The number of halogens is 1. The molecule has 1 heterocycles. The summed E-state index contributed by atoms with van der Waals surface area (Å²) in [5.41, 5.74) is -1.90. The van der Waals surface area contributed by atoms with Crippen LogP contribution in [0.2, 0.25) is 0 Å². The predicted molar refractivity (Wildman–Crippen MR) is 158 cm³/mol. The summed E-state index contributed by atoms with van der Waals surface area (Å²) in [4.78, 5) is 39.0. The molecule has 1 saturated heterocycles. The number of nitrogens with one attached hydrogen (secondary N) is 1. The molecular formula is C31H41BFN3O6. The molecule has 1 aliphatic rings. The Bertz CT molecular complexity index is 1270. The molecule has 0 aliphatic carbocycles. The van der Waals surface area contributed by atoms with E-state index in [9.17, 15) is 23.9 Å². The normalized spacial score (nSPS) is 18.6. The van der Waals surface area contributed by atoms with Gasteiger partial charge in [-0.2, -0.15) is 0 Å². The molecule has 2 aromatic rings. The van der Waals surface area contributed by atoms with E-state index in [1.165, 1.54) is 37.2 Å². The molecule has 2 N–H and O–H groups in total. The van der Waals surface area contributed by atoms with E-state index in [0.29, 0.717) is 32.2 Å². The fraction of sp³-hybridized carbons (Fsp3) is 0.516. The van der Waals surface area contributed by atoms with Gasteiger partial charge in [0.05, 0.1) is 17.2 Å². The van der Waals surface area contributed by atoms with E-state index in [2.05, 4.69) is 10.2 Å². The number of hydrogen-bond donors (Lipinski definition) is 2. The van der Waals surface area contributed by atoms with Crippen molar-refractivity contribution in [3.8, 4) is 5.75 Å². The predicted octanol–water partition coefficient (Wildman–Crippen LogP) is 2.90. The number of carbonyl (C=O) groups is 3. The highest BCUT2D eigenvalue weighted by Gasteiger charge is 2.40. The summed E-state index contributed by atoms with van der Waals surface area (Å²) in [6, 6.07) is 8.38. The molecule has 9 nitrogen and oxygen atoms in total. The maximum absolute atomic E-state index is 14.9.